The molecule has 2 aromatic carbocycles. The molecule has 0 atom stereocenters. The number of fused-ring (bicyclic) bond motifs is 2. The minimum Gasteiger partial charge on any atom is -0.393 e. The summed E-state index contributed by atoms with van der Waals surface area (Å²) in [6, 6.07) is 16.5. The molecule has 0 amide bonds. The zero-order valence-corrected chi connectivity index (χ0v) is 16.0. The number of hydrogen-bond acceptors (Lipinski definition) is 4. The highest BCUT2D eigenvalue weighted by molar-refractivity contribution is 5.84. The van der Waals surface area contributed by atoms with Crippen molar-refractivity contribution in [3.05, 3.63) is 70.8 Å². The Morgan fingerprint density at radius 3 is 2.54 bits per heavy atom. The molecule has 0 radical (unpaired) electrons. The molecule has 4 nitrogen and oxygen atoms in total. The minimum atomic E-state index is -0.545. The van der Waals surface area contributed by atoms with Gasteiger partial charge >= 0.3 is 11.9 Å². The summed E-state index contributed by atoms with van der Waals surface area (Å²) >= 11 is 0. The molecule has 0 saturated heterocycles. The number of carbonyl (C=O) groups is 2. The summed E-state index contributed by atoms with van der Waals surface area (Å²) in [5, 5.41) is 0. The van der Waals surface area contributed by atoms with E-state index in [1.165, 1.54) is 30.9 Å². The molecule has 1 aliphatic carbocycles. The van der Waals surface area contributed by atoms with Crippen molar-refractivity contribution in [2.45, 2.75) is 38.1 Å². The maximum absolute atomic E-state index is 11.7. The number of ether oxygens (including phenoxy) is 1. The standard InChI is InChI=1S/C24H23NO3/c1-18(26)28-23(27)11-14-25-16-21-10-9-20(8-7-19-5-3-2-4-6-19)15-22(21)24(17-25)12-13-24/h2-6,9-10,15H,11-14,16-17H2,1H3. The van der Waals surface area contributed by atoms with Crippen LogP contribution in [0.2, 0.25) is 0 Å². The highest BCUT2D eigenvalue weighted by Crippen LogP contribution is 2.52. The van der Waals surface area contributed by atoms with E-state index in [0.717, 1.165) is 24.2 Å². The monoisotopic (exact) mass is 373 g/mol. The molecule has 4 rings (SSSR count). The molecule has 2 aromatic rings. The summed E-state index contributed by atoms with van der Waals surface area (Å²) in [5.41, 5.74) is 4.99. The highest BCUT2D eigenvalue weighted by Gasteiger charge is 2.48. The fourth-order valence-corrected chi connectivity index (χ4v) is 3.96. The third-order valence-electron chi connectivity index (χ3n) is 5.47. The Bertz CT molecular complexity index is 964. The van der Waals surface area contributed by atoms with Crippen LogP contribution in [0.25, 0.3) is 0 Å². The van der Waals surface area contributed by atoms with Crippen molar-refractivity contribution in [2.24, 2.45) is 0 Å². The van der Waals surface area contributed by atoms with E-state index in [9.17, 15) is 9.59 Å². The van der Waals surface area contributed by atoms with E-state index >= 15 is 0 Å². The van der Waals surface area contributed by atoms with Gasteiger partial charge in [0.1, 0.15) is 0 Å². The fraction of sp³-hybridized carbons (Fsp3) is 0.333. The molecule has 1 saturated carbocycles. The van der Waals surface area contributed by atoms with Gasteiger partial charge in [-0.2, -0.15) is 0 Å². The molecule has 0 aromatic heterocycles. The first-order valence-electron chi connectivity index (χ1n) is 9.68. The van der Waals surface area contributed by atoms with Crippen LogP contribution in [0.5, 0.6) is 0 Å². The second-order valence-electron chi connectivity index (χ2n) is 7.69. The van der Waals surface area contributed by atoms with Gasteiger partial charge in [-0.05, 0) is 48.2 Å². The van der Waals surface area contributed by atoms with Crippen LogP contribution < -0.4 is 0 Å². The first-order valence-corrected chi connectivity index (χ1v) is 9.68. The molecule has 1 fully saturated rings. The van der Waals surface area contributed by atoms with Crippen molar-refractivity contribution < 1.29 is 14.3 Å². The smallest absolute Gasteiger partial charge is 0.314 e. The molecular formula is C24H23NO3. The molecule has 2 aliphatic rings. The summed E-state index contributed by atoms with van der Waals surface area (Å²) in [4.78, 5) is 24.9. The molecule has 28 heavy (non-hydrogen) atoms. The molecular weight excluding hydrogens is 350 g/mol. The van der Waals surface area contributed by atoms with Crippen LogP contribution in [-0.4, -0.2) is 29.9 Å². The van der Waals surface area contributed by atoms with Crippen molar-refractivity contribution >= 4 is 11.9 Å². The maximum atomic E-state index is 11.7. The SMILES string of the molecule is CC(=O)OC(=O)CCN1Cc2ccc(C#Cc3ccccc3)cc2C2(CC2)C1. The van der Waals surface area contributed by atoms with Gasteiger partial charge in [-0.3, -0.25) is 14.5 Å². The first kappa shape index (κ1) is 18.5. The number of hydrogen-bond donors (Lipinski definition) is 0. The number of nitrogens with zero attached hydrogens (tertiary/aromatic N) is 1. The fourth-order valence-electron chi connectivity index (χ4n) is 3.96. The largest absolute Gasteiger partial charge is 0.393 e. The number of esters is 2. The Labute approximate surface area is 165 Å². The van der Waals surface area contributed by atoms with Gasteiger partial charge in [0.15, 0.2) is 0 Å². The van der Waals surface area contributed by atoms with Crippen LogP contribution in [0, 0.1) is 11.8 Å². The van der Waals surface area contributed by atoms with E-state index in [1.807, 2.05) is 30.3 Å². The molecule has 0 bridgehead atoms. The Morgan fingerprint density at radius 2 is 1.82 bits per heavy atom. The normalized spacial score (nSPS) is 16.6. The molecule has 1 aliphatic heterocycles. The lowest BCUT2D eigenvalue weighted by Crippen LogP contribution is -2.39. The summed E-state index contributed by atoms with van der Waals surface area (Å²) in [6.07, 6.45) is 2.58. The lowest BCUT2D eigenvalue weighted by Gasteiger charge is -2.35. The third kappa shape index (κ3) is 4.16. The summed E-state index contributed by atoms with van der Waals surface area (Å²) in [5.74, 6) is 5.53. The highest BCUT2D eigenvalue weighted by atomic mass is 16.6. The van der Waals surface area contributed by atoms with Crippen LogP contribution in [0.1, 0.15) is 48.4 Å². The molecule has 0 unspecified atom stereocenters. The van der Waals surface area contributed by atoms with Crippen LogP contribution in [0.4, 0.5) is 0 Å². The predicted molar refractivity (Wildman–Crippen MR) is 106 cm³/mol. The van der Waals surface area contributed by atoms with Gasteiger partial charge in [0.2, 0.25) is 0 Å². The number of benzene rings is 2. The van der Waals surface area contributed by atoms with Gasteiger partial charge in [0.25, 0.3) is 0 Å². The lowest BCUT2D eigenvalue weighted by molar-refractivity contribution is -0.158. The van der Waals surface area contributed by atoms with E-state index in [4.69, 9.17) is 0 Å². The number of rotatable bonds is 3. The molecule has 4 heteroatoms. The second kappa shape index (κ2) is 7.61. The van der Waals surface area contributed by atoms with Gasteiger partial charge in [-0.15, -0.1) is 0 Å². The van der Waals surface area contributed by atoms with Gasteiger partial charge in [-0.1, -0.05) is 36.1 Å². The average Bonchev–Trinajstić information content (AvgIpc) is 3.45. The topological polar surface area (TPSA) is 46.6 Å². The van der Waals surface area contributed by atoms with E-state index < -0.39 is 11.9 Å². The van der Waals surface area contributed by atoms with Gasteiger partial charge in [-0.25, -0.2) is 0 Å². The summed E-state index contributed by atoms with van der Waals surface area (Å²) in [7, 11) is 0. The second-order valence-corrected chi connectivity index (χ2v) is 7.69. The lowest BCUT2D eigenvalue weighted by atomic mass is 9.85. The van der Waals surface area contributed by atoms with Crippen LogP contribution in [0.15, 0.2) is 48.5 Å². The van der Waals surface area contributed by atoms with Gasteiger partial charge in [0, 0.05) is 43.1 Å². The maximum Gasteiger partial charge on any atom is 0.314 e. The molecule has 1 heterocycles. The zero-order chi connectivity index (χ0) is 19.6. The Kier molecular flexibility index (Phi) is 5.02. The zero-order valence-electron chi connectivity index (χ0n) is 16.0. The van der Waals surface area contributed by atoms with Crippen molar-refractivity contribution in [3.8, 4) is 11.8 Å². The average molecular weight is 373 g/mol. The van der Waals surface area contributed by atoms with Crippen molar-refractivity contribution in [2.75, 3.05) is 13.1 Å². The van der Waals surface area contributed by atoms with Crippen LogP contribution in [0.3, 0.4) is 0 Å². The number of carbonyl (C=O) groups excluding carboxylic acids is 2. The van der Waals surface area contributed by atoms with Crippen molar-refractivity contribution in [3.63, 3.8) is 0 Å². The van der Waals surface area contributed by atoms with Gasteiger partial charge < -0.3 is 4.74 Å². The summed E-state index contributed by atoms with van der Waals surface area (Å²) in [6.45, 7) is 3.63. The van der Waals surface area contributed by atoms with E-state index in [1.54, 1.807) is 0 Å². The minimum absolute atomic E-state index is 0.197. The van der Waals surface area contributed by atoms with E-state index in [2.05, 4.69) is 39.7 Å². The van der Waals surface area contributed by atoms with E-state index in [-0.39, 0.29) is 11.8 Å². The van der Waals surface area contributed by atoms with Crippen LogP contribution in [-0.2, 0) is 26.3 Å². The van der Waals surface area contributed by atoms with E-state index in [0.29, 0.717) is 6.54 Å². The quantitative estimate of drug-likeness (QED) is 0.470. The Morgan fingerprint density at radius 1 is 1.07 bits per heavy atom. The van der Waals surface area contributed by atoms with Crippen LogP contribution >= 0.6 is 0 Å². The molecule has 1 spiro atoms. The van der Waals surface area contributed by atoms with Crippen molar-refractivity contribution in [1.29, 1.82) is 0 Å². The first-order chi connectivity index (χ1) is 13.5. The van der Waals surface area contributed by atoms with Gasteiger partial charge in [0.05, 0.1) is 6.42 Å². The third-order valence-corrected chi connectivity index (χ3v) is 5.47. The molecule has 142 valence electrons. The Balaban J connectivity index is 1.48. The Hall–Kier alpha value is -2.90. The van der Waals surface area contributed by atoms with Crippen molar-refractivity contribution in [1.82, 2.24) is 4.90 Å². The molecule has 0 N–H and O–H groups in total. The summed E-state index contributed by atoms with van der Waals surface area (Å²) < 4.78 is 4.64. The predicted octanol–water partition coefficient (Wildman–Crippen LogP) is 3.41.